The minimum Gasteiger partial charge on any atom is -0.307 e. The molecule has 1 nitrogen and oxygen atoms in total. The van der Waals surface area contributed by atoms with Crippen LogP contribution in [0.5, 0.6) is 0 Å². The monoisotopic (exact) mass is 216 g/mol. The van der Waals surface area contributed by atoms with Crippen LogP contribution in [0.4, 0.5) is 0 Å². The Morgan fingerprint density at radius 2 is 1.00 bits per heavy atom. The van der Waals surface area contributed by atoms with E-state index in [0.717, 1.165) is 8.58 Å². The van der Waals surface area contributed by atoms with Crippen LogP contribution in [0, 0.1) is 0 Å². The molecule has 76 valence electrons. The second-order valence-corrected chi connectivity index (χ2v) is 4.26. The molecule has 0 spiro atoms. The first-order valence-electron chi connectivity index (χ1n) is 4.61. The van der Waals surface area contributed by atoms with Crippen molar-refractivity contribution in [3.8, 4) is 0 Å². The maximum absolute atomic E-state index is 8.00. The molecule has 0 aliphatic heterocycles. The molecule has 0 radical (unpaired) electrons. The van der Waals surface area contributed by atoms with Gasteiger partial charge in [-0.15, -0.1) is 0 Å². The van der Waals surface area contributed by atoms with Crippen molar-refractivity contribution >= 4 is 26.0 Å². The molecule has 0 fully saturated rings. The first-order chi connectivity index (χ1) is 7.45. The van der Waals surface area contributed by atoms with Gasteiger partial charge in [-0.05, 0) is 10.6 Å². The summed E-state index contributed by atoms with van der Waals surface area (Å²) in [7, 11) is 0.777. The van der Waals surface area contributed by atoms with Crippen LogP contribution >= 0.6 is 8.58 Å². The van der Waals surface area contributed by atoms with Crippen molar-refractivity contribution < 1.29 is 4.79 Å². The van der Waals surface area contributed by atoms with E-state index in [1.165, 1.54) is 10.6 Å². The second-order valence-electron chi connectivity index (χ2n) is 2.86. The zero-order valence-electron chi connectivity index (χ0n) is 8.39. The van der Waals surface area contributed by atoms with E-state index < -0.39 is 0 Å². The van der Waals surface area contributed by atoms with Gasteiger partial charge in [0.25, 0.3) is 0 Å². The average molecular weight is 216 g/mol. The Balaban J connectivity index is 0.000000531. The molecule has 15 heavy (non-hydrogen) atoms. The van der Waals surface area contributed by atoms with Crippen LogP contribution < -0.4 is 10.6 Å². The fourth-order valence-electron chi connectivity index (χ4n) is 1.21. The first-order valence-corrected chi connectivity index (χ1v) is 5.61. The molecule has 0 bridgehead atoms. The highest BCUT2D eigenvalue weighted by Crippen LogP contribution is 2.08. The number of carbonyl (C=O) groups excluding carboxylic acids is 1. The number of hydrogen-bond acceptors (Lipinski definition) is 1. The van der Waals surface area contributed by atoms with Gasteiger partial charge < -0.3 is 4.79 Å². The zero-order valence-corrected chi connectivity index (χ0v) is 9.39. The van der Waals surface area contributed by atoms with Crippen molar-refractivity contribution in [1.82, 2.24) is 0 Å². The minimum absolute atomic E-state index is 0.777. The van der Waals surface area contributed by atoms with Crippen LogP contribution in [-0.2, 0) is 4.79 Å². The number of carbonyl (C=O) groups is 1. The van der Waals surface area contributed by atoms with E-state index in [1.54, 1.807) is 0 Å². The fraction of sp³-hybridized carbons (Fsp3) is 0. The molecule has 0 atom stereocenters. The van der Waals surface area contributed by atoms with Gasteiger partial charge in [0.1, 0.15) is 6.79 Å². The van der Waals surface area contributed by atoms with Crippen molar-refractivity contribution in [2.24, 2.45) is 0 Å². The molecular formula is C13H13OP. The Hall–Kier alpha value is -1.46. The molecule has 2 heteroatoms. The predicted molar refractivity (Wildman–Crippen MR) is 67.6 cm³/mol. The average Bonchev–Trinajstić information content (AvgIpc) is 2.34. The molecule has 0 N–H and O–H groups in total. The molecule has 2 rings (SSSR count). The summed E-state index contributed by atoms with van der Waals surface area (Å²) in [4.78, 5) is 8.00. The van der Waals surface area contributed by atoms with Crippen molar-refractivity contribution in [1.29, 1.82) is 0 Å². The summed E-state index contributed by atoms with van der Waals surface area (Å²) in [6.07, 6.45) is 0. The van der Waals surface area contributed by atoms with Crippen molar-refractivity contribution in [3.05, 3.63) is 60.7 Å². The van der Waals surface area contributed by atoms with Crippen LogP contribution in [0.25, 0.3) is 0 Å². The van der Waals surface area contributed by atoms with E-state index in [0.29, 0.717) is 0 Å². The highest BCUT2D eigenvalue weighted by Gasteiger charge is 1.92. The zero-order chi connectivity index (χ0) is 10.9. The number of rotatable bonds is 2. The lowest BCUT2D eigenvalue weighted by Crippen LogP contribution is -2.01. The lowest BCUT2D eigenvalue weighted by atomic mass is 10.4. The molecule has 0 saturated heterocycles. The number of benzene rings is 2. The van der Waals surface area contributed by atoms with Gasteiger partial charge in [0, 0.05) is 0 Å². The van der Waals surface area contributed by atoms with Crippen LogP contribution in [-0.4, -0.2) is 6.79 Å². The molecule has 0 aliphatic carbocycles. The van der Waals surface area contributed by atoms with Gasteiger partial charge in [-0.1, -0.05) is 69.2 Å². The highest BCUT2D eigenvalue weighted by atomic mass is 31.1. The quantitative estimate of drug-likeness (QED) is 0.703. The van der Waals surface area contributed by atoms with Gasteiger partial charge in [-0.3, -0.25) is 0 Å². The summed E-state index contributed by atoms with van der Waals surface area (Å²) in [5.74, 6) is 0. The molecular weight excluding hydrogens is 203 g/mol. The SMILES string of the molecule is C=O.c1ccc(Pc2ccccc2)cc1. The summed E-state index contributed by atoms with van der Waals surface area (Å²) >= 11 is 0. The van der Waals surface area contributed by atoms with E-state index in [1.807, 2.05) is 6.79 Å². The third kappa shape index (κ3) is 4.05. The lowest BCUT2D eigenvalue weighted by Gasteiger charge is -2.00. The Kier molecular flexibility index (Phi) is 5.35. The lowest BCUT2D eigenvalue weighted by molar-refractivity contribution is -0.0979. The van der Waals surface area contributed by atoms with E-state index in [-0.39, 0.29) is 0 Å². The van der Waals surface area contributed by atoms with Gasteiger partial charge in [0.05, 0.1) is 0 Å². The summed E-state index contributed by atoms with van der Waals surface area (Å²) in [5.41, 5.74) is 0. The fourth-order valence-corrected chi connectivity index (χ4v) is 2.26. The Labute approximate surface area is 91.9 Å². The topological polar surface area (TPSA) is 17.1 Å². The molecule has 0 unspecified atom stereocenters. The summed E-state index contributed by atoms with van der Waals surface area (Å²) < 4.78 is 0. The van der Waals surface area contributed by atoms with Crippen molar-refractivity contribution in [2.45, 2.75) is 0 Å². The van der Waals surface area contributed by atoms with E-state index in [4.69, 9.17) is 4.79 Å². The smallest absolute Gasteiger partial charge is 0.106 e. The summed E-state index contributed by atoms with van der Waals surface area (Å²) in [6.45, 7) is 2.00. The minimum atomic E-state index is 0.777. The third-order valence-electron chi connectivity index (χ3n) is 1.84. The summed E-state index contributed by atoms with van der Waals surface area (Å²) in [5, 5.41) is 2.79. The number of hydrogen-bond donors (Lipinski definition) is 0. The maximum Gasteiger partial charge on any atom is 0.106 e. The normalized spacial score (nSPS) is 8.80. The van der Waals surface area contributed by atoms with E-state index in [9.17, 15) is 0 Å². The van der Waals surface area contributed by atoms with Crippen LogP contribution in [0.3, 0.4) is 0 Å². The van der Waals surface area contributed by atoms with Gasteiger partial charge in [-0.2, -0.15) is 0 Å². The van der Waals surface area contributed by atoms with Crippen molar-refractivity contribution in [2.75, 3.05) is 0 Å². The Bertz CT molecular complexity index is 335. The standard InChI is InChI=1S/C12H11P.CH2O/c1-3-7-11(8-4-1)13-12-9-5-2-6-10-12;1-2/h1-10,13H;1H2. The highest BCUT2D eigenvalue weighted by molar-refractivity contribution is 7.55. The molecule has 0 saturated carbocycles. The van der Waals surface area contributed by atoms with Gasteiger partial charge in [0.15, 0.2) is 0 Å². The second kappa shape index (κ2) is 6.92. The maximum atomic E-state index is 8.00. The molecule has 0 aromatic heterocycles. The van der Waals surface area contributed by atoms with Gasteiger partial charge in [0.2, 0.25) is 0 Å². The molecule has 2 aromatic rings. The van der Waals surface area contributed by atoms with E-state index in [2.05, 4.69) is 60.7 Å². The van der Waals surface area contributed by atoms with Crippen molar-refractivity contribution in [3.63, 3.8) is 0 Å². The Morgan fingerprint density at radius 1 is 0.667 bits per heavy atom. The van der Waals surface area contributed by atoms with Crippen LogP contribution in [0.2, 0.25) is 0 Å². The largest absolute Gasteiger partial charge is 0.307 e. The van der Waals surface area contributed by atoms with E-state index >= 15 is 0 Å². The molecule has 0 heterocycles. The first kappa shape index (κ1) is 11.6. The predicted octanol–water partition coefficient (Wildman–Crippen LogP) is 2.13. The Morgan fingerprint density at radius 3 is 1.33 bits per heavy atom. The van der Waals surface area contributed by atoms with Crippen LogP contribution in [0.1, 0.15) is 0 Å². The van der Waals surface area contributed by atoms with Crippen LogP contribution in [0.15, 0.2) is 60.7 Å². The molecule has 0 aliphatic rings. The third-order valence-corrected chi connectivity index (χ3v) is 3.08. The van der Waals surface area contributed by atoms with Gasteiger partial charge >= 0.3 is 0 Å². The van der Waals surface area contributed by atoms with Gasteiger partial charge in [-0.25, -0.2) is 0 Å². The molecule has 0 amide bonds. The molecule has 2 aromatic carbocycles. The summed E-state index contributed by atoms with van der Waals surface area (Å²) in [6, 6.07) is 21.2.